The lowest BCUT2D eigenvalue weighted by Gasteiger charge is -2.14. The molecular weight excluding hydrogens is 231 g/mol. The molecule has 4 nitrogen and oxygen atoms in total. The maximum absolute atomic E-state index is 11.9. The first kappa shape index (κ1) is 11.9. The second-order valence-corrected chi connectivity index (χ2v) is 3.63. The largest absolute Gasteiger partial charge is 0.401 e. The van der Waals surface area contributed by atoms with E-state index in [1.54, 1.807) is 5.38 Å². The van der Waals surface area contributed by atoms with E-state index in [9.17, 15) is 18.0 Å². The first-order valence-corrected chi connectivity index (χ1v) is 4.77. The van der Waals surface area contributed by atoms with Gasteiger partial charge < -0.3 is 5.73 Å². The van der Waals surface area contributed by atoms with Crippen molar-refractivity contribution in [2.45, 2.75) is 12.2 Å². The van der Waals surface area contributed by atoms with Gasteiger partial charge in [-0.15, -0.1) is 11.3 Å². The summed E-state index contributed by atoms with van der Waals surface area (Å²) in [7, 11) is 0. The second-order valence-electron chi connectivity index (χ2n) is 2.70. The highest BCUT2D eigenvalue weighted by atomic mass is 32.1. The molecule has 8 heteroatoms. The first-order valence-electron chi connectivity index (χ1n) is 3.89. The van der Waals surface area contributed by atoms with Crippen molar-refractivity contribution in [2.75, 3.05) is 6.54 Å². The van der Waals surface area contributed by atoms with Crippen molar-refractivity contribution >= 4 is 17.2 Å². The van der Waals surface area contributed by atoms with Crippen molar-refractivity contribution in [1.29, 1.82) is 0 Å². The Labute approximate surface area is 87.3 Å². The van der Waals surface area contributed by atoms with Crippen LogP contribution in [0.1, 0.15) is 11.0 Å². The Bertz CT molecular complexity index is 325. The SMILES string of the molecule is NC(=O)C(NCC(F)(F)F)c1nccs1. The number of thiazole rings is 1. The molecule has 84 valence electrons. The van der Waals surface area contributed by atoms with E-state index in [1.165, 1.54) is 6.20 Å². The van der Waals surface area contributed by atoms with Gasteiger partial charge in [0.25, 0.3) is 0 Å². The van der Waals surface area contributed by atoms with E-state index in [4.69, 9.17) is 5.73 Å². The van der Waals surface area contributed by atoms with Gasteiger partial charge in [-0.1, -0.05) is 0 Å². The number of nitrogens with one attached hydrogen (secondary N) is 1. The summed E-state index contributed by atoms with van der Waals surface area (Å²) < 4.78 is 35.7. The molecule has 0 fully saturated rings. The molecule has 1 amide bonds. The standard InChI is InChI=1S/C7H8F3N3OS/c8-7(9,10)3-13-4(5(11)14)6-12-1-2-15-6/h1-2,4,13H,3H2,(H2,11,14). The van der Waals surface area contributed by atoms with E-state index in [0.717, 1.165) is 11.3 Å². The quantitative estimate of drug-likeness (QED) is 0.817. The molecule has 0 saturated heterocycles. The number of hydrogen-bond donors (Lipinski definition) is 2. The molecule has 15 heavy (non-hydrogen) atoms. The molecule has 0 spiro atoms. The number of amides is 1. The second kappa shape index (κ2) is 4.58. The lowest BCUT2D eigenvalue weighted by molar-refractivity contribution is -0.130. The minimum absolute atomic E-state index is 0.228. The first-order chi connectivity index (χ1) is 6.90. The Morgan fingerprint density at radius 2 is 2.33 bits per heavy atom. The van der Waals surface area contributed by atoms with Crippen molar-refractivity contribution in [2.24, 2.45) is 5.73 Å². The Kier molecular flexibility index (Phi) is 3.64. The molecule has 1 rings (SSSR count). The molecule has 0 aliphatic rings. The number of alkyl halides is 3. The molecule has 0 aromatic carbocycles. The number of carbonyl (C=O) groups is 1. The Morgan fingerprint density at radius 3 is 2.73 bits per heavy atom. The molecule has 0 saturated carbocycles. The number of carbonyl (C=O) groups excluding carboxylic acids is 1. The maximum Gasteiger partial charge on any atom is 0.401 e. The van der Waals surface area contributed by atoms with E-state index in [-0.39, 0.29) is 5.01 Å². The lowest BCUT2D eigenvalue weighted by Crippen LogP contribution is -2.38. The minimum Gasteiger partial charge on any atom is -0.368 e. The lowest BCUT2D eigenvalue weighted by atomic mass is 10.3. The van der Waals surface area contributed by atoms with Gasteiger partial charge in [-0.3, -0.25) is 10.1 Å². The van der Waals surface area contributed by atoms with Crippen LogP contribution in [0.15, 0.2) is 11.6 Å². The van der Waals surface area contributed by atoms with Crippen LogP contribution in [0.4, 0.5) is 13.2 Å². The van der Waals surface area contributed by atoms with Crippen LogP contribution in [0.2, 0.25) is 0 Å². The van der Waals surface area contributed by atoms with Gasteiger partial charge in [0, 0.05) is 11.6 Å². The number of nitrogens with zero attached hydrogens (tertiary/aromatic N) is 1. The van der Waals surface area contributed by atoms with Gasteiger partial charge in [0.15, 0.2) is 0 Å². The van der Waals surface area contributed by atoms with Crippen LogP contribution in [-0.4, -0.2) is 23.6 Å². The minimum atomic E-state index is -4.38. The Balaban J connectivity index is 2.65. The van der Waals surface area contributed by atoms with Gasteiger partial charge in [0.05, 0.1) is 6.54 Å². The van der Waals surface area contributed by atoms with Crippen molar-refractivity contribution < 1.29 is 18.0 Å². The zero-order valence-corrected chi connectivity index (χ0v) is 8.23. The van der Waals surface area contributed by atoms with Gasteiger partial charge in [-0.2, -0.15) is 13.2 Å². The van der Waals surface area contributed by atoms with Crippen LogP contribution in [0, 0.1) is 0 Å². The molecule has 1 unspecified atom stereocenters. The molecule has 3 N–H and O–H groups in total. The predicted octanol–water partition coefficient (Wildman–Crippen LogP) is 0.821. The zero-order chi connectivity index (χ0) is 11.5. The number of primary amides is 1. The molecule has 1 atom stereocenters. The number of rotatable bonds is 4. The van der Waals surface area contributed by atoms with E-state index >= 15 is 0 Å². The predicted molar refractivity (Wildman–Crippen MR) is 48.1 cm³/mol. The van der Waals surface area contributed by atoms with Crippen LogP contribution in [0.25, 0.3) is 0 Å². The van der Waals surface area contributed by atoms with Crippen LogP contribution in [0.5, 0.6) is 0 Å². The third-order valence-corrected chi connectivity index (χ3v) is 2.33. The number of nitrogens with two attached hydrogens (primary N) is 1. The molecule has 0 aliphatic heterocycles. The average Bonchev–Trinajstić information content (AvgIpc) is 2.54. The Hall–Kier alpha value is -1.15. The summed E-state index contributed by atoms with van der Waals surface area (Å²) in [6.07, 6.45) is -2.99. The molecule has 1 heterocycles. The summed E-state index contributed by atoms with van der Waals surface area (Å²) >= 11 is 1.07. The monoisotopic (exact) mass is 239 g/mol. The molecule has 0 aliphatic carbocycles. The van der Waals surface area contributed by atoms with Crippen molar-refractivity contribution in [3.8, 4) is 0 Å². The van der Waals surface area contributed by atoms with Crippen LogP contribution >= 0.6 is 11.3 Å². The van der Waals surface area contributed by atoms with Crippen LogP contribution in [0.3, 0.4) is 0 Å². The average molecular weight is 239 g/mol. The van der Waals surface area contributed by atoms with Gasteiger partial charge in [0.2, 0.25) is 5.91 Å². The molecule has 1 aromatic rings. The highest BCUT2D eigenvalue weighted by Gasteiger charge is 2.30. The summed E-state index contributed by atoms with van der Waals surface area (Å²) in [4.78, 5) is 14.6. The summed E-state index contributed by atoms with van der Waals surface area (Å²) in [5, 5.41) is 3.79. The van der Waals surface area contributed by atoms with E-state index < -0.39 is 24.7 Å². The maximum atomic E-state index is 11.9. The van der Waals surface area contributed by atoms with Crippen LogP contribution in [-0.2, 0) is 4.79 Å². The van der Waals surface area contributed by atoms with Gasteiger partial charge in [-0.25, -0.2) is 4.98 Å². The van der Waals surface area contributed by atoms with Crippen LogP contribution < -0.4 is 11.1 Å². The van der Waals surface area contributed by atoms with E-state index in [0.29, 0.717) is 0 Å². The fraction of sp³-hybridized carbons (Fsp3) is 0.429. The molecule has 0 radical (unpaired) electrons. The van der Waals surface area contributed by atoms with Gasteiger partial charge >= 0.3 is 6.18 Å². The summed E-state index contributed by atoms with van der Waals surface area (Å²) in [6, 6.07) is -1.19. The molecular formula is C7H8F3N3OS. The summed E-state index contributed by atoms with van der Waals surface area (Å²) in [5.74, 6) is -0.880. The zero-order valence-electron chi connectivity index (χ0n) is 7.41. The fourth-order valence-electron chi connectivity index (χ4n) is 0.904. The third kappa shape index (κ3) is 3.84. The number of hydrogen-bond acceptors (Lipinski definition) is 4. The normalized spacial score (nSPS) is 13.8. The summed E-state index contributed by atoms with van der Waals surface area (Å²) in [6.45, 7) is -1.28. The topological polar surface area (TPSA) is 68.0 Å². The fourth-order valence-corrected chi connectivity index (χ4v) is 1.62. The smallest absolute Gasteiger partial charge is 0.368 e. The van der Waals surface area contributed by atoms with E-state index in [2.05, 4.69) is 4.98 Å². The Morgan fingerprint density at radius 1 is 1.67 bits per heavy atom. The highest BCUT2D eigenvalue weighted by molar-refractivity contribution is 7.09. The van der Waals surface area contributed by atoms with Gasteiger partial charge in [-0.05, 0) is 0 Å². The number of halogens is 3. The molecule has 0 bridgehead atoms. The third-order valence-electron chi connectivity index (χ3n) is 1.49. The number of aromatic nitrogens is 1. The van der Waals surface area contributed by atoms with Crippen molar-refractivity contribution in [1.82, 2.24) is 10.3 Å². The molecule has 1 aromatic heterocycles. The van der Waals surface area contributed by atoms with Crippen molar-refractivity contribution in [3.63, 3.8) is 0 Å². The van der Waals surface area contributed by atoms with Gasteiger partial charge in [0.1, 0.15) is 11.0 Å². The summed E-state index contributed by atoms with van der Waals surface area (Å²) in [5.41, 5.74) is 4.96. The van der Waals surface area contributed by atoms with E-state index in [1.807, 2.05) is 5.32 Å². The highest BCUT2D eigenvalue weighted by Crippen LogP contribution is 2.18. The van der Waals surface area contributed by atoms with Crippen molar-refractivity contribution in [3.05, 3.63) is 16.6 Å².